The van der Waals surface area contributed by atoms with Crippen LogP contribution in [0.5, 0.6) is 0 Å². The lowest BCUT2D eigenvalue weighted by Gasteiger charge is -2.33. The fourth-order valence-corrected chi connectivity index (χ4v) is 11.2. The van der Waals surface area contributed by atoms with Crippen LogP contribution in [0.15, 0.2) is 230 Å². The molecule has 13 rings (SSSR count). The molecule has 3 aliphatic rings. The predicted molar refractivity (Wildman–Crippen MR) is 267 cm³/mol. The molecule has 0 heterocycles. The average Bonchev–Trinajstić information content (AvgIpc) is 3.96. The normalized spacial score (nSPS) is 17.1. The molecule has 10 aromatic carbocycles. The number of nitrogens with zero attached hydrogens (tertiary/aromatic N) is 2. The van der Waals surface area contributed by atoms with Gasteiger partial charge >= 0.3 is 0 Å². The zero-order valence-corrected chi connectivity index (χ0v) is 35.3. The molecule has 0 N–H and O–H groups in total. The van der Waals surface area contributed by atoms with Crippen LogP contribution in [0.25, 0.3) is 44.2 Å². The first kappa shape index (κ1) is 30.2. The van der Waals surface area contributed by atoms with Gasteiger partial charge in [-0.2, -0.15) is 0 Å². The van der Waals surface area contributed by atoms with Crippen LogP contribution in [0.4, 0.5) is 34.1 Å². The lowest BCUT2D eigenvalue weighted by molar-refractivity contribution is 0.660. The van der Waals surface area contributed by atoms with E-state index in [1.165, 1.54) is 22.3 Å². The van der Waals surface area contributed by atoms with Crippen LogP contribution in [0.3, 0.4) is 0 Å². The summed E-state index contributed by atoms with van der Waals surface area (Å²) in [4.78, 5) is 4.20. The number of hydrogen-bond acceptors (Lipinski definition) is 2. The van der Waals surface area contributed by atoms with Crippen molar-refractivity contribution in [3.8, 4) is 33.4 Å². The molecule has 302 valence electrons. The maximum Gasteiger partial charge on any atom is 0.0727 e. The molecule has 1 unspecified atom stereocenters. The lowest BCUT2D eigenvalue weighted by atomic mass is 9.70. The van der Waals surface area contributed by atoms with Crippen LogP contribution in [-0.2, 0) is 10.8 Å². The number of fused-ring (bicyclic) bond motifs is 14. The molecule has 0 saturated heterocycles. The van der Waals surface area contributed by atoms with Gasteiger partial charge in [0, 0.05) is 39.2 Å². The van der Waals surface area contributed by atoms with E-state index in [1.807, 2.05) is 41.3 Å². The van der Waals surface area contributed by atoms with Crippen LogP contribution < -0.4 is 9.80 Å². The third-order valence-corrected chi connectivity index (χ3v) is 13.9. The first-order valence-corrected chi connectivity index (χ1v) is 21.9. The number of benzene rings is 10. The van der Waals surface area contributed by atoms with Crippen molar-refractivity contribution in [3.05, 3.63) is 264 Å². The second-order valence-electron chi connectivity index (χ2n) is 17.5. The molecule has 0 fully saturated rings. The van der Waals surface area contributed by atoms with Crippen LogP contribution in [0, 0.1) is 0 Å². The van der Waals surface area contributed by atoms with Crippen molar-refractivity contribution in [1.82, 2.24) is 0 Å². The van der Waals surface area contributed by atoms with Crippen molar-refractivity contribution in [1.29, 1.82) is 0 Å². The topological polar surface area (TPSA) is 6.48 Å². The third kappa shape index (κ3) is 5.08. The molecule has 0 amide bonds. The molecule has 3 aliphatic carbocycles. The molecule has 0 bridgehead atoms. The quantitative estimate of drug-likeness (QED) is 0.165. The van der Waals surface area contributed by atoms with E-state index in [0.717, 1.165) is 61.6 Å². The number of hydrogen-bond donors (Lipinski definition) is 0. The van der Waals surface area contributed by atoms with E-state index in [2.05, 4.69) is 170 Å². The van der Waals surface area contributed by atoms with Crippen molar-refractivity contribution in [2.24, 2.45) is 0 Å². The minimum Gasteiger partial charge on any atom is -0.310 e. The number of anilines is 6. The molecule has 64 heavy (non-hydrogen) atoms. The Morgan fingerprint density at radius 2 is 0.766 bits per heavy atom. The van der Waals surface area contributed by atoms with Gasteiger partial charge < -0.3 is 9.80 Å². The van der Waals surface area contributed by atoms with Gasteiger partial charge in [0.2, 0.25) is 0 Å². The van der Waals surface area contributed by atoms with E-state index in [0.29, 0.717) is 11.4 Å². The molecular weight excluding hydrogens is 773 g/mol. The Labute approximate surface area is 384 Å². The summed E-state index contributed by atoms with van der Waals surface area (Å²) >= 11 is 0. The molecule has 0 saturated carbocycles. The summed E-state index contributed by atoms with van der Waals surface area (Å²) in [5.74, 6) is 0. The van der Waals surface area contributed by atoms with Crippen LogP contribution >= 0.6 is 0 Å². The van der Waals surface area contributed by atoms with Crippen LogP contribution in [-0.4, -0.2) is 0 Å². The fourth-order valence-electron chi connectivity index (χ4n) is 11.2. The van der Waals surface area contributed by atoms with Gasteiger partial charge in [0.15, 0.2) is 0 Å². The highest BCUT2D eigenvalue weighted by Gasteiger charge is 2.52. The van der Waals surface area contributed by atoms with Gasteiger partial charge in [-0.05, 0) is 139 Å². The summed E-state index contributed by atoms with van der Waals surface area (Å²) in [6, 6.07) is 63.2. The number of para-hydroxylation sites is 2. The molecule has 0 aliphatic heterocycles. The monoisotopic (exact) mass is 823 g/mol. The van der Waals surface area contributed by atoms with Crippen molar-refractivity contribution in [2.45, 2.75) is 24.7 Å². The third-order valence-electron chi connectivity index (χ3n) is 13.9. The highest BCUT2D eigenvalue weighted by atomic mass is 15.1. The number of rotatable bonds is 6. The molecule has 1 atom stereocenters. The van der Waals surface area contributed by atoms with E-state index in [4.69, 9.17) is 6.85 Å². The van der Waals surface area contributed by atoms with Gasteiger partial charge in [-0.25, -0.2) is 0 Å². The predicted octanol–water partition coefficient (Wildman–Crippen LogP) is 16.4. The molecule has 0 aromatic heterocycles. The first-order chi connectivity index (χ1) is 34.4. The minimum absolute atomic E-state index is 0.0189. The molecule has 10 aromatic rings. The fraction of sp³-hybridized carbons (Fsp3) is 0.0645. The van der Waals surface area contributed by atoms with Gasteiger partial charge in [0.1, 0.15) is 0 Å². The minimum atomic E-state index is -0.822. The molecule has 0 radical (unpaired) electrons. The van der Waals surface area contributed by atoms with Crippen LogP contribution in [0.1, 0.15) is 56.8 Å². The summed E-state index contributed by atoms with van der Waals surface area (Å²) in [6.45, 7) is 4.63. The van der Waals surface area contributed by atoms with E-state index in [1.54, 1.807) is 0 Å². The van der Waals surface area contributed by atoms with E-state index in [-0.39, 0.29) is 34.0 Å². The van der Waals surface area contributed by atoms with Crippen molar-refractivity contribution in [3.63, 3.8) is 0 Å². The Hall–Kier alpha value is -7.94. The van der Waals surface area contributed by atoms with Crippen molar-refractivity contribution >= 4 is 44.9 Å². The average molecular weight is 824 g/mol. The maximum absolute atomic E-state index is 9.55. The van der Waals surface area contributed by atoms with Gasteiger partial charge in [-0.1, -0.05) is 177 Å². The standard InChI is InChI=1S/C62H44N2/c1-61(2)54-28-14-11-25-48(54)51-35-32-44(38-57(51)61)63(42-20-5-3-6-21-42)45-33-36-52-49-26-12-15-29-55(49)62(58(52)39-45)56-30-16-13-27-50(56)53-37-34-46(40-59(53)62)64(43-22-7-4-8-23-43)60-31-17-19-41-18-9-10-24-47(41)60/h3-40H,1-2H3/i9D,10D,17D,18D,19D,24D,31D. The zero-order valence-electron chi connectivity index (χ0n) is 42.3. The van der Waals surface area contributed by atoms with Gasteiger partial charge in [0.05, 0.1) is 20.7 Å². The lowest BCUT2D eigenvalue weighted by Crippen LogP contribution is -2.26. The summed E-state index contributed by atoms with van der Waals surface area (Å²) in [7, 11) is 0. The summed E-state index contributed by atoms with van der Waals surface area (Å²) in [5, 5.41) is -0.0750. The smallest absolute Gasteiger partial charge is 0.0727 e. The largest absolute Gasteiger partial charge is 0.310 e. The summed E-state index contributed by atoms with van der Waals surface area (Å²) in [5.41, 5.74) is 17.4. The molecule has 2 heteroatoms. The van der Waals surface area contributed by atoms with Gasteiger partial charge in [-0.15, -0.1) is 0 Å². The highest BCUT2D eigenvalue weighted by molar-refractivity contribution is 6.01. The first-order valence-electron chi connectivity index (χ1n) is 25.4. The Morgan fingerprint density at radius 1 is 0.344 bits per heavy atom. The van der Waals surface area contributed by atoms with Crippen LogP contribution in [0.2, 0.25) is 0 Å². The Kier molecular flexibility index (Phi) is 6.50. The Morgan fingerprint density at radius 3 is 1.36 bits per heavy atom. The van der Waals surface area contributed by atoms with Gasteiger partial charge in [0.25, 0.3) is 0 Å². The summed E-state index contributed by atoms with van der Waals surface area (Å²) < 4.78 is 63.2. The second kappa shape index (κ2) is 13.8. The SMILES string of the molecule is [2H]c1c([2H])c([2H])c2c(N(c3ccccc3)c3ccc4c(c3)C3(c5ccccc5-c5ccc(N(c6ccccc6)c6ccc7c(c6)C(C)(C)c6ccccc6-7)cc53)c3ccccc3-4)c([2H])c([2H])c([2H])c2c1[2H]. The molecule has 2 nitrogen and oxygen atoms in total. The van der Waals surface area contributed by atoms with Gasteiger partial charge in [-0.3, -0.25) is 0 Å². The van der Waals surface area contributed by atoms with E-state index >= 15 is 0 Å². The molecule has 1 spiro atoms. The van der Waals surface area contributed by atoms with E-state index < -0.39 is 35.6 Å². The Bertz CT molecular complexity index is 3890. The van der Waals surface area contributed by atoms with Crippen molar-refractivity contribution < 1.29 is 9.60 Å². The maximum atomic E-state index is 9.55. The highest BCUT2D eigenvalue weighted by Crippen LogP contribution is 2.64. The second-order valence-corrected chi connectivity index (χ2v) is 17.5. The van der Waals surface area contributed by atoms with Crippen molar-refractivity contribution in [2.75, 3.05) is 9.80 Å². The zero-order chi connectivity index (χ0) is 48.7. The Balaban J connectivity index is 1.08. The van der Waals surface area contributed by atoms with E-state index in [9.17, 15) is 2.74 Å². The summed E-state index contributed by atoms with van der Waals surface area (Å²) in [6.07, 6.45) is 0. The molecular formula is C62H44N2.